The van der Waals surface area contributed by atoms with E-state index in [1.807, 2.05) is 30.6 Å². The van der Waals surface area contributed by atoms with Gasteiger partial charge in [0.1, 0.15) is 6.04 Å². The van der Waals surface area contributed by atoms with Crippen molar-refractivity contribution in [2.24, 2.45) is 0 Å². The normalized spacial score (nSPS) is 14.2. The highest BCUT2D eigenvalue weighted by Crippen LogP contribution is 2.22. The molecule has 3 N–H and O–H groups in total. The third-order valence-corrected chi connectivity index (χ3v) is 7.11. The Morgan fingerprint density at radius 3 is 2.50 bits per heavy atom. The van der Waals surface area contributed by atoms with E-state index in [9.17, 15) is 13.2 Å². The van der Waals surface area contributed by atoms with Gasteiger partial charge in [0.2, 0.25) is 10.0 Å². The number of hydrogen-bond donors (Lipinski definition) is 2. The first-order valence-corrected chi connectivity index (χ1v) is 10.7. The van der Waals surface area contributed by atoms with Crippen LogP contribution in [0.3, 0.4) is 0 Å². The number of hydrogen-bond acceptors (Lipinski definition) is 4. The molecule has 142 valence electrons. The first-order valence-electron chi connectivity index (χ1n) is 8.35. The first kappa shape index (κ1) is 20.6. The average Bonchev–Trinajstić information content (AvgIpc) is 3.11. The SMILES string of the molecule is Cc1ccc(S(=O)(=O)N(C)C)cc1NC(=O)[C@H](C)[NH2+][C@@H](C)c1cccs1. The van der Waals surface area contributed by atoms with Crippen molar-refractivity contribution >= 4 is 33.0 Å². The zero-order valence-electron chi connectivity index (χ0n) is 15.7. The second-order valence-corrected chi connectivity index (χ2v) is 9.67. The number of nitrogens with one attached hydrogen (secondary N) is 1. The summed E-state index contributed by atoms with van der Waals surface area (Å²) < 4.78 is 25.8. The number of sulfonamides is 1. The van der Waals surface area contributed by atoms with Crippen LogP contribution in [0.4, 0.5) is 5.69 Å². The topological polar surface area (TPSA) is 83.1 Å². The molecular weight excluding hydrogens is 370 g/mol. The molecule has 0 saturated carbocycles. The molecule has 1 heterocycles. The van der Waals surface area contributed by atoms with Crippen molar-refractivity contribution in [3.8, 4) is 0 Å². The number of carbonyl (C=O) groups is 1. The van der Waals surface area contributed by atoms with Crippen LogP contribution in [-0.2, 0) is 14.8 Å². The van der Waals surface area contributed by atoms with Gasteiger partial charge in [0.25, 0.3) is 5.91 Å². The molecule has 0 spiro atoms. The molecule has 0 fully saturated rings. The minimum Gasteiger partial charge on any atom is -0.330 e. The lowest BCUT2D eigenvalue weighted by Crippen LogP contribution is -2.91. The lowest BCUT2D eigenvalue weighted by molar-refractivity contribution is -0.709. The summed E-state index contributed by atoms with van der Waals surface area (Å²) in [6.45, 7) is 5.74. The van der Waals surface area contributed by atoms with Gasteiger partial charge in [-0.05, 0) is 49.9 Å². The fraction of sp³-hybridized carbons (Fsp3) is 0.389. The zero-order chi connectivity index (χ0) is 19.5. The minimum atomic E-state index is -3.55. The molecule has 8 heteroatoms. The number of amides is 1. The quantitative estimate of drug-likeness (QED) is 0.750. The predicted octanol–water partition coefficient (Wildman–Crippen LogP) is 1.96. The number of quaternary nitrogens is 1. The molecular formula is C18H26N3O3S2+. The summed E-state index contributed by atoms with van der Waals surface area (Å²) >= 11 is 1.66. The van der Waals surface area contributed by atoms with E-state index in [4.69, 9.17) is 0 Å². The monoisotopic (exact) mass is 396 g/mol. The van der Waals surface area contributed by atoms with E-state index in [0.29, 0.717) is 5.69 Å². The molecule has 0 aliphatic carbocycles. The maximum absolute atomic E-state index is 12.6. The van der Waals surface area contributed by atoms with Gasteiger partial charge in [-0.3, -0.25) is 4.79 Å². The molecule has 0 unspecified atom stereocenters. The van der Waals surface area contributed by atoms with Gasteiger partial charge in [-0.2, -0.15) is 0 Å². The number of aryl methyl sites for hydroxylation is 1. The van der Waals surface area contributed by atoms with Crippen molar-refractivity contribution in [1.29, 1.82) is 0 Å². The Kier molecular flexibility index (Phi) is 6.57. The highest BCUT2D eigenvalue weighted by Gasteiger charge is 2.23. The summed E-state index contributed by atoms with van der Waals surface area (Å²) in [6, 6.07) is 8.69. The molecule has 0 radical (unpaired) electrons. The van der Waals surface area contributed by atoms with Gasteiger partial charge in [0, 0.05) is 19.8 Å². The van der Waals surface area contributed by atoms with Crippen molar-refractivity contribution in [2.75, 3.05) is 19.4 Å². The van der Waals surface area contributed by atoms with Gasteiger partial charge >= 0.3 is 0 Å². The van der Waals surface area contributed by atoms with Gasteiger partial charge in [-0.1, -0.05) is 12.1 Å². The maximum atomic E-state index is 12.6. The Bertz CT molecular complexity index is 862. The van der Waals surface area contributed by atoms with E-state index in [2.05, 4.69) is 18.3 Å². The summed E-state index contributed by atoms with van der Waals surface area (Å²) in [5.74, 6) is -0.157. The van der Waals surface area contributed by atoms with Crippen molar-refractivity contribution < 1.29 is 18.5 Å². The van der Waals surface area contributed by atoms with E-state index in [1.165, 1.54) is 25.0 Å². The Labute approximate surface area is 159 Å². The third-order valence-electron chi connectivity index (χ3n) is 4.23. The number of benzene rings is 1. The van der Waals surface area contributed by atoms with Crippen molar-refractivity contribution in [3.05, 3.63) is 46.2 Å². The van der Waals surface area contributed by atoms with Crippen LogP contribution in [0.1, 0.15) is 30.3 Å². The van der Waals surface area contributed by atoms with Crippen LogP contribution < -0.4 is 10.6 Å². The first-order chi connectivity index (χ1) is 12.1. The lowest BCUT2D eigenvalue weighted by Gasteiger charge is -2.17. The van der Waals surface area contributed by atoms with Crippen LogP contribution in [-0.4, -0.2) is 38.8 Å². The third kappa shape index (κ3) is 4.70. The van der Waals surface area contributed by atoms with Gasteiger partial charge in [0.05, 0.1) is 9.77 Å². The Hall–Kier alpha value is -1.74. The number of anilines is 1. The van der Waals surface area contributed by atoms with Crippen LogP contribution in [0.5, 0.6) is 0 Å². The van der Waals surface area contributed by atoms with Crippen LogP contribution in [0.15, 0.2) is 40.6 Å². The van der Waals surface area contributed by atoms with Crippen LogP contribution in [0.2, 0.25) is 0 Å². The van der Waals surface area contributed by atoms with Gasteiger partial charge in [-0.25, -0.2) is 12.7 Å². The summed E-state index contributed by atoms with van der Waals surface area (Å²) in [4.78, 5) is 13.9. The fourth-order valence-electron chi connectivity index (χ4n) is 2.52. The summed E-state index contributed by atoms with van der Waals surface area (Å²) in [7, 11) is -0.580. The van der Waals surface area contributed by atoms with Crippen molar-refractivity contribution in [2.45, 2.75) is 37.8 Å². The van der Waals surface area contributed by atoms with E-state index in [1.54, 1.807) is 23.5 Å². The fourth-order valence-corrected chi connectivity index (χ4v) is 4.21. The molecule has 0 aliphatic heterocycles. The van der Waals surface area contributed by atoms with E-state index >= 15 is 0 Å². The van der Waals surface area contributed by atoms with E-state index < -0.39 is 10.0 Å². The highest BCUT2D eigenvalue weighted by molar-refractivity contribution is 7.89. The Balaban J connectivity index is 2.13. The largest absolute Gasteiger partial charge is 0.330 e. The molecule has 2 rings (SSSR count). The molecule has 1 aromatic heterocycles. The summed E-state index contributed by atoms with van der Waals surface area (Å²) in [5, 5.41) is 6.88. The van der Waals surface area contributed by atoms with Gasteiger partial charge < -0.3 is 10.6 Å². The Morgan fingerprint density at radius 1 is 1.23 bits per heavy atom. The summed E-state index contributed by atoms with van der Waals surface area (Å²) in [6.07, 6.45) is 0. The zero-order valence-corrected chi connectivity index (χ0v) is 17.3. The van der Waals surface area contributed by atoms with Crippen LogP contribution >= 0.6 is 11.3 Å². The Morgan fingerprint density at radius 2 is 1.92 bits per heavy atom. The number of rotatable bonds is 7. The van der Waals surface area contributed by atoms with Crippen LogP contribution in [0, 0.1) is 6.92 Å². The van der Waals surface area contributed by atoms with Gasteiger partial charge in [0.15, 0.2) is 6.04 Å². The second kappa shape index (κ2) is 8.30. The molecule has 26 heavy (non-hydrogen) atoms. The standard InChI is InChI=1S/C18H25N3O3S2/c1-12-8-9-15(26(23,24)21(4)5)11-16(12)20-18(22)14(3)19-13(2)17-7-6-10-25-17/h6-11,13-14,19H,1-5H3,(H,20,22)/p+1/t13-,14-/m0/s1. The van der Waals surface area contributed by atoms with Crippen molar-refractivity contribution in [1.82, 2.24) is 4.31 Å². The highest BCUT2D eigenvalue weighted by atomic mass is 32.2. The number of carbonyl (C=O) groups excluding carboxylic acids is 1. The van der Waals surface area contributed by atoms with E-state index in [0.717, 1.165) is 9.87 Å². The molecule has 1 amide bonds. The van der Waals surface area contributed by atoms with Crippen LogP contribution in [0.25, 0.3) is 0 Å². The molecule has 0 bridgehead atoms. The minimum absolute atomic E-state index is 0.157. The molecule has 6 nitrogen and oxygen atoms in total. The van der Waals surface area contributed by atoms with E-state index in [-0.39, 0.29) is 22.9 Å². The average molecular weight is 397 g/mol. The molecule has 0 saturated heterocycles. The number of thiophene rings is 1. The molecule has 2 atom stereocenters. The molecule has 2 aromatic rings. The summed E-state index contributed by atoms with van der Waals surface area (Å²) in [5.41, 5.74) is 1.33. The second-order valence-electron chi connectivity index (χ2n) is 6.54. The maximum Gasteiger partial charge on any atom is 0.282 e. The molecule has 1 aromatic carbocycles. The number of nitrogens with two attached hydrogens (primary N) is 1. The smallest absolute Gasteiger partial charge is 0.282 e. The van der Waals surface area contributed by atoms with Gasteiger partial charge in [-0.15, -0.1) is 11.3 Å². The van der Waals surface area contributed by atoms with Crippen molar-refractivity contribution in [3.63, 3.8) is 0 Å². The molecule has 0 aliphatic rings. The predicted molar refractivity (Wildman–Crippen MR) is 105 cm³/mol. The lowest BCUT2D eigenvalue weighted by atomic mass is 10.2. The number of nitrogens with zero attached hydrogens (tertiary/aromatic N) is 1.